The van der Waals surface area contributed by atoms with Gasteiger partial charge in [0.05, 0.1) is 40.5 Å². The second-order valence-corrected chi connectivity index (χ2v) is 12.5. The van der Waals surface area contributed by atoms with Gasteiger partial charge in [-0.05, 0) is 49.8 Å². The van der Waals surface area contributed by atoms with Crippen LogP contribution in [0, 0.1) is 17.7 Å². The van der Waals surface area contributed by atoms with Crippen LogP contribution in [0.15, 0.2) is 58.1 Å². The minimum Gasteiger partial charge on any atom is -0.374 e. The zero-order valence-electron chi connectivity index (χ0n) is 24.5. The van der Waals surface area contributed by atoms with Gasteiger partial charge >= 0.3 is 5.76 Å². The van der Waals surface area contributed by atoms with Crippen LogP contribution in [0.1, 0.15) is 51.1 Å². The highest BCUT2D eigenvalue weighted by atomic mass is 35.5. The largest absolute Gasteiger partial charge is 0.439 e. The number of fused-ring (bicyclic) bond motifs is 1. The molecule has 1 aliphatic heterocycles. The third-order valence-electron chi connectivity index (χ3n) is 8.83. The molecule has 228 valence electrons. The summed E-state index contributed by atoms with van der Waals surface area (Å²) in [5, 5.41) is 4.35. The molecule has 7 rings (SSSR count). The fourth-order valence-corrected chi connectivity index (χ4v) is 6.71. The number of aromatic amines is 1. The Labute approximate surface area is 258 Å². The van der Waals surface area contributed by atoms with Crippen molar-refractivity contribution in [2.45, 2.75) is 58.2 Å². The van der Waals surface area contributed by atoms with E-state index in [1.54, 1.807) is 24.5 Å². The van der Waals surface area contributed by atoms with Crippen LogP contribution in [-0.4, -0.2) is 48.9 Å². The Morgan fingerprint density at radius 1 is 1.09 bits per heavy atom. The number of rotatable bonds is 6. The monoisotopic (exact) mass is 617 g/mol. The number of benzene rings is 1. The third-order valence-corrected chi connectivity index (χ3v) is 9.04. The summed E-state index contributed by atoms with van der Waals surface area (Å²) >= 11 is 6.41. The van der Waals surface area contributed by atoms with E-state index in [0.717, 1.165) is 24.9 Å². The number of ether oxygens (including phenoxy) is 1. The summed E-state index contributed by atoms with van der Waals surface area (Å²) in [6.45, 7) is 5.89. The number of morpholine rings is 1. The van der Waals surface area contributed by atoms with Gasteiger partial charge in [-0.2, -0.15) is 0 Å². The molecule has 2 fully saturated rings. The maximum atomic E-state index is 15.3. The molecule has 1 saturated carbocycles. The van der Waals surface area contributed by atoms with Crippen LogP contribution in [0.3, 0.4) is 0 Å². The van der Waals surface area contributed by atoms with Crippen LogP contribution in [0.5, 0.6) is 0 Å². The predicted octanol–water partition coefficient (Wildman–Crippen LogP) is 6.42. The lowest BCUT2D eigenvalue weighted by molar-refractivity contribution is 0.0286. The van der Waals surface area contributed by atoms with E-state index in [0.29, 0.717) is 64.0 Å². The lowest BCUT2D eigenvalue weighted by atomic mass is 9.83. The van der Waals surface area contributed by atoms with Gasteiger partial charge in [0.15, 0.2) is 0 Å². The van der Waals surface area contributed by atoms with Crippen LogP contribution in [0.2, 0.25) is 5.02 Å². The number of hydrogen-bond acceptors (Lipinski definition) is 8. The van der Waals surface area contributed by atoms with Crippen molar-refractivity contribution in [1.82, 2.24) is 29.7 Å². The molecule has 4 aromatic heterocycles. The summed E-state index contributed by atoms with van der Waals surface area (Å²) in [5.74, 6) is 1.08. The zero-order valence-corrected chi connectivity index (χ0v) is 25.3. The maximum absolute atomic E-state index is 15.3. The molecule has 5 aromatic rings. The van der Waals surface area contributed by atoms with E-state index >= 15 is 4.39 Å². The number of nitrogens with one attached hydrogen (secondary N) is 1. The molecule has 1 saturated heterocycles. The minimum atomic E-state index is -0.680. The second-order valence-electron chi connectivity index (χ2n) is 12.0. The van der Waals surface area contributed by atoms with E-state index in [9.17, 15) is 4.79 Å². The van der Waals surface area contributed by atoms with Gasteiger partial charge < -0.3 is 14.2 Å². The van der Waals surface area contributed by atoms with Gasteiger partial charge in [-0.3, -0.25) is 14.5 Å². The zero-order chi connectivity index (χ0) is 30.4. The summed E-state index contributed by atoms with van der Waals surface area (Å²) < 4.78 is 28.4. The van der Waals surface area contributed by atoms with Gasteiger partial charge in [0.2, 0.25) is 11.8 Å². The van der Waals surface area contributed by atoms with E-state index in [1.807, 2.05) is 25.1 Å². The van der Waals surface area contributed by atoms with Crippen LogP contribution in [-0.2, 0) is 11.3 Å². The van der Waals surface area contributed by atoms with E-state index < -0.39 is 5.76 Å². The molecule has 1 aliphatic carbocycles. The molecule has 44 heavy (non-hydrogen) atoms. The first-order valence-electron chi connectivity index (χ1n) is 15.0. The molecule has 10 nitrogen and oxygen atoms in total. The van der Waals surface area contributed by atoms with Gasteiger partial charge in [-0.15, -0.1) is 0 Å². The molecule has 0 spiro atoms. The normalized spacial score (nSPS) is 22.5. The number of H-pyrrole nitrogens is 1. The van der Waals surface area contributed by atoms with Crippen LogP contribution < -0.4 is 10.7 Å². The highest BCUT2D eigenvalue weighted by Crippen LogP contribution is 2.40. The fraction of sp³-hybridized carbons (Fsp3) is 0.406. The standard InChI is InChI=1S/C32H33ClFN7O3/c1-18-7-9-20(10-8-18)16-41-29-25(37-31(41)40-15-19(2)43-17-27(40)23-5-3-4-6-24(23)34)12-26(30-38-32(42)44-39-30)36-28(29)21-11-22(33)14-35-13-21/h3-6,11-14,18-20,27H,7-10,15-17H2,1-2H3,(H,38,39,42). The predicted molar refractivity (Wildman–Crippen MR) is 165 cm³/mol. The first-order valence-corrected chi connectivity index (χ1v) is 15.4. The van der Waals surface area contributed by atoms with Crippen LogP contribution in [0.25, 0.3) is 33.8 Å². The average Bonchev–Trinajstić information content (AvgIpc) is 3.62. The van der Waals surface area contributed by atoms with Crippen molar-refractivity contribution in [2.75, 3.05) is 18.1 Å². The summed E-state index contributed by atoms with van der Waals surface area (Å²) in [4.78, 5) is 31.1. The Balaban J connectivity index is 1.47. The number of hydrogen-bond donors (Lipinski definition) is 1. The molecule has 5 heterocycles. The number of halogens is 2. The Morgan fingerprint density at radius 2 is 1.91 bits per heavy atom. The SMILES string of the molecule is CC1CCC(Cn2c(N3CC(C)OCC3c3ccccc3F)nc3cc(-c4noc(=O)[nH]4)nc(-c4cncc(Cl)c4)c32)CC1. The number of nitrogens with zero attached hydrogens (tertiary/aromatic N) is 6. The van der Waals surface area contributed by atoms with Crippen molar-refractivity contribution in [3.05, 3.63) is 75.7 Å². The summed E-state index contributed by atoms with van der Waals surface area (Å²) in [6, 6.07) is 10.1. The van der Waals surface area contributed by atoms with Crippen LogP contribution in [0.4, 0.5) is 10.3 Å². The van der Waals surface area contributed by atoms with Crippen molar-refractivity contribution in [2.24, 2.45) is 11.8 Å². The molecule has 1 aromatic carbocycles. The average molecular weight is 618 g/mol. The lowest BCUT2D eigenvalue weighted by Crippen LogP contribution is -2.45. The van der Waals surface area contributed by atoms with Gasteiger partial charge in [0.25, 0.3) is 0 Å². The molecule has 12 heteroatoms. The first kappa shape index (κ1) is 28.7. The molecule has 1 N–H and O–H groups in total. The molecule has 2 atom stereocenters. The second kappa shape index (κ2) is 11.8. The highest BCUT2D eigenvalue weighted by Gasteiger charge is 2.35. The van der Waals surface area contributed by atoms with E-state index in [4.69, 9.17) is 30.8 Å². The molecule has 2 unspecified atom stereocenters. The molecule has 0 bridgehead atoms. The first-order chi connectivity index (χ1) is 21.3. The molecule has 0 amide bonds. The van der Waals surface area contributed by atoms with Crippen molar-refractivity contribution < 1.29 is 13.7 Å². The highest BCUT2D eigenvalue weighted by molar-refractivity contribution is 6.30. The van der Waals surface area contributed by atoms with E-state index in [-0.39, 0.29) is 23.8 Å². The van der Waals surface area contributed by atoms with Crippen LogP contribution >= 0.6 is 11.6 Å². The Kier molecular flexibility index (Phi) is 7.67. The molecular formula is C32H33ClFN7O3. The van der Waals surface area contributed by atoms with Crippen molar-refractivity contribution >= 4 is 28.6 Å². The maximum Gasteiger partial charge on any atom is 0.439 e. The van der Waals surface area contributed by atoms with Gasteiger partial charge in [0.1, 0.15) is 11.5 Å². The summed E-state index contributed by atoms with van der Waals surface area (Å²) in [5.41, 5.74) is 3.71. The van der Waals surface area contributed by atoms with Gasteiger partial charge in [0, 0.05) is 36.6 Å². The minimum absolute atomic E-state index is 0.0905. The topological polar surface area (TPSA) is 115 Å². The number of pyridine rings is 2. The number of anilines is 1. The molecule has 2 aliphatic rings. The van der Waals surface area contributed by atoms with Crippen molar-refractivity contribution in [1.29, 1.82) is 0 Å². The number of imidazole rings is 1. The van der Waals surface area contributed by atoms with Crippen molar-refractivity contribution in [3.8, 4) is 22.8 Å². The van der Waals surface area contributed by atoms with E-state index in [1.165, 1.54) is 18.9 Å². The quantitative estimate of drug-likeness (QED) is 0.232. The third kappa shape index (κ3) is 5.50. The van der Waals surface area contributed by atoms with Crippen molar-refractivity contribution in [3.63, 3.8) is 0 Å². The van der Waals surface area contributed by atoms with E-state index in [2.05, 4.69) is 31.5 Å². The number of aromatic nitrogens is 6. The smallest absolute Gasteiger partial charge is 0.374 e. The lowest BCUT2D eigenvalue weighted by Gasteiger charge is -2.40. The van der Waals surface area contributed by atoms with Gasteiger partial charge in [-0.25, -0.2) is 19.2 Å². The molecular weight excluding hydrogens is 585 g/mol. The summed E-state index contributed by atoms with van der Waals surface area (Å²) in [6.07, 6.45) is 7.75. The Hall–Kier alpha value is -4.09. The Morgan fingerprint density at radius 3 is 2.66 bits per heavy atom. The summed E-state index contributed by atoms with van der Waals surface area (Å²) in [7, 11) is 0. The van der Waals surface area contributed by atoms with Gasteiger partial charge in [-0.1, -0.05) is 54.7 Å². The molecule has 0 radical (unpaired) electrons. The fourth-order valence-electron chi connectivity index (χ4n) is 6.54. The Bertz CT molecular complexity index is 1860.